The minimum Gasteiger partial charge on any atom is -0.365 e. The summed E-state index contributed by atoms with van der Waals surface area (Å²) in [5, 5.41) is 6.99. The lowest BCUT2D eigenvalue weighted by molar-refractivity contribution is -0.141. The summed E-state index contributed by atoms with van der Waals surface area (Å²) in [5.41, 5.74) is 0.526. The van der Waals surface area contributed by atoms with Crippen molar-refractivity contribution in [2.75, 3.05) is 5.32 Å². The number of anilines is 1. The van der Waals surface area contributed by atoms with Gasteiger partial charge in [0.05, 0.1) is 11.9 Å². The van der Waals surface area contributed by atoms with E-state index in [2.05, 4.69) is 20.4 Å². The Kier molecular flexibility index (Phi) is 4.39. The largest absolute Gasteiger partial charge is 0.435 e. The first kappa shape index (κ1) is 16.3. The summed E-state index contributed by atoms with van der Waals surface area (Å²) in [7, 11) is 0. The molecule has 3 rings (SSSR count). The number of halogens is 4. The topological polar surface area (TPSA) is 55.6 Å². The van der Waals surface area contributed by atoms with E-state index in [9.17, 15) is 13.2 Å². The van der Waals surface area contributed by atoms with Gasteiger partial charge in [0.2, 0.25) is 0 Å². The van der Waals surface area contributed by atoms with E-state index in [0.717, 1.165) is 11.6 Å². The van der Waals surface area contributed by atoms with Crippen LogP contribution in [-0.4, -0.2) is 19.7 Å². The third-order valence-corrected chi connectivity index (χ3v) is 3.48. The lowest BCUT2D eigenvalue weighted by atomic mass is 10.2. The molecular weight excluding hydrogens is 343 g/mol. The molecule has 2 aromatic heterocycles. The summed E-state index contributed by atoms with van der Waals surface area (Å²) in [6, 6.07) is 7.88. The lowest BCUT2D eigenvalue weighted by Crippen LogP contribution is -2.07. The van der Waals surface area contributed by atoms with Crippen molar-refractivity contribution in [3.8, 4) is 5.69 Å². The minimum absolute atomic E-state index is 0.408. The second-order valence-electron chi connectivity index (χ2n) is 4.88. The van der Waals surface area contributed by atoms with Gasteiger partial charge in [0.15, 0.2) is 5.69 Å². The Morgan fingerprint density at radius 1 is 1.12 bits per heavy atom. The molecule has 2 heterocycles. The number of hydrogen-bond donors (Lipinski definition) is 1. The highest BCUT2D eigenvalue weighted by atomic mass is 35.5. The van der Waals surface area contributed by atoms with Crippen LogP contribution in [-0.2, 0) is 12.7 Å². The van der Waals surface area contributed by atoms with E-state index in [1.165, 1.54) is 23.4 Å². The maximum absolute atomic E-state index is 12.6. The van der Waals surface area contributed by atoms with Crippen molar-refractivity contribution >= 4 is 17.4 Å². The van der Waals surface area contributed by atoms with E-state index in [4.69, 9.17) is 11.6 Å². The molecule has 3 aromatic rings. The summed E-state index contributed by atoms with van der Waals surface area (Å²) in [5.74, 6) is 0.512. The van der Waals surface area contributed by atoms with Gasteiger partial charge >= 0.3 is 6.18 Å². The van der Waals surface area contributed by atoms with E-state index in [0.29, 0.717) is 23.1 Å². The third-order valence-electron chi connectivity index (χ3n) is 3.21. The van der Waals surface area contributed by atoms with Gasteiger partial charge in [0.1, 0.15) is 17.2 Å². The molecule has 0 saturated heterocycles. The lowest BCUT2D eigenvalue weighted by Gasteiger charge is -2.08. The Labute approximate surface area is 140 Å². The molecule has 0 amide bonds. The van der Waals surface area contributed by atoms with Gasteiger partial charge in [-0.2, -0.15) is 18.3 Å². The Hall–Kier alpha value is -2.61. The van der Waals surface area contributed by atoms with Gasteiger partial charge in [-0.05, 0) is 23.8 Å². The highest BCUT2D eigenvalue weighted by Crippen LogP contribution is 2.28. The fraction of sp³-hybridized carbons (Fsp3) is 0.133. The molecule has 0 atom stereocenters. The molecule has 0 unspecified atom stereocenters. The van der Waals surface area contributed by atoms with Crippen LogP contribution in [0, 0.1) is 0 Å². The van der Waals surface area contributed by atoms with E-state index >= 15 is 0 Å². The van der Waals surface area contributed by atoms with E-state index in [1.807, 2.05) is 0 Å². The first-order valence-electron chi connectivity index (χ1n) is 6.85. The first-order chi connectivity index (χ1) is 11.4. The summed E-state index contributed by atoms with van der Waals surface area (Å²) in [6.07, 6.45) is -0.314. The summed E-state index contributed by atoms with van der Waals surface area (Å²) in [4.78, 5) is 7.80. The molecular formula is C15H11ClF3N5. The van der Waals surface area contributed by atoms with Gasteiger partial charge in [-0.15, -0.1) is 0 Å². The molecule has 5 nitrogen and oxygen atoms in total. The Balaban J connectivity index is 1.69. The predicted molar refractivity (Wildman–Crippen MR) is 82.9 cm³/mol. The number of benzene rings is 1. The van der Waals surface area contributed by atoms with Gasteiger partial charge in [-0.25, -0.2) is 14.6 Å². The van der Waals surface area contributed by atoms with Gasteiger partial charge in [-0.3, -0.25) is 0 Å². The summed E-state index contributed by atoms with van der Waals surface area (Å²) in [6.45, 7) is 0.462. The van der Waals surface area contributed by atoms with Crippen LogP contribution < -0.4 is 5.32 Å². The van der Waals surface area contributed by atoms with Crippen LogP contribution in [0.4, 0.5) is 19.0 Å². The molecule has 0 aliphatic heterocycles. The molecule has 124 valence electrons. The van der Waals surface area contributed by atoms with Crippen molar-refractivity contribution in [3.05, 3.63) is 65.3 Å². The standard InChI is InChI=1S/C15H11ClF3N5/c16-12-8-20-9-22-14(12)21-7-10-1-3-11(4-2-10)24-6-5-13(23-24)15(17,18)19/h1-6,8-9H,7H2,(H,20,21,22). The molecule has 24 heavy (non-hydrogen) atoms. The summed E-state index contributed by atoms with van der Waals surface area (Å²) < 4.78 is 38.9. The normalized spacial score (nSPS) is 11.5. The van der Waals surface area contributed by atoms with Crippen molar-refractivity contribution in [3.63, 3.8) is 0 Å². The monoisotopic (exact) mass is 353 g/mol. The Morgan fingerprint density at radius 3 is 2.50 bits per heavy atom. The quantitative estimate of drug-likeness (QED) is 0.771. The number of nitrogens with one attached hydrogen (secondary N) is 1. The van der Waals surface area contributed by atoms with Crippen molar-refractivity contribution in [1.29, 1.82) is 0 Å². The highest BCUT2D eigenvalue weighted by Gasteiger charge is 2.33. The van der Waals surface area contributed by atoms with Gasteiger partial charge < -0.3 is 5.32 Å². The average Bonchev–Trinajstić information content (AvgIpc) is 3.05. The van der Waals surface area contributed by atoms with Crippen LogP contribution in [0.25, 0.3) is 5.69 Å². The zero-order valence-corrected chi connectivity index (χ0v) is 12.9. The maximum atomic E-state index is 12.6. The molecule has 0 spiro atoms. The zero-order chi connectivity index (χ0) is 17.2. The van der Waals surface area contributed by atoms with Crippen LogP contribution in [0.2, 0.25) is 5.02 Å². The fourth-order valence-electron chi connectivity index (χ4n) is 2.01. The Morgan fingerprint density at radius 2 is 1.88 bits per heavy atom. The van der Waals surface area contributed by atoms with Crippen molar-refractivity contribution in [2.45, 2.75) is 12.7 Å². The number of rotatable bonds is 4. The number of alkyl halides is 3. The third kappa shape index (κ3) is 3.65. The Bertz CT molecular complexity index is 830. The van der Waals surface area contributed by atoms with Crippen LogP contribution in [0.15, 0.2) is 49.1 Å². The van der Waals surface area contributed by atoms with E-state index in [1.54, 1.807) is 24.3 Å². The fourth-order valence-corrected chi connectivity index (χ4v) is 2.19. The average molecular weight is 354 g/mol. The second-order valence-corrected chi connectivity index (χ2v) is 5.29. The van der Waals surface area contributed by atoms with E-state index in [-0.39, 0.29) is 0 Å². The minimum atomic E-state index is -4.45. The van der Waals surface area contributed by atoms with Crippen molar-refractivity contribution < 1.29 is 13.2 Å². The number of aromatic nitrogens is 4. The van der Waals surface area contributed by atoms with Gasteiger partial charge in [0.25, 0.3) is 0 Å². The number of nitrogens with zero attached hydrogens (tertiary/aromatic N) is 4. The molecule has 1 aromatic carbocycles. The van der Waals surface area contributed by atoms with Gasteiger partial charge in [-0.1, -0.05) is 23.7 Å². The zero-order valence-electron chi connectivity index (χ0n) is 12.1. The molecule has 0 aliphatic rings. The smallest absolute Gasteiger partial charge is 0.365 e. The van der Waals surface area contributed by atoms with Crippen LogP contribution in [0.3, 0.4) is 0 Å². The van der Waals surface area contributed by atoms with Crippen LogP contribution >= 0.6 is 11.6 Å². The van der Waals surface area contributed by atoms with Crippen molar-refractivity contribution in [1.82, 2.24) is 19.7 Å². The molecule has 0 aliphatic carbocycles. The molecule has 9 heteroatoms. The second kappa shape index (κ2) is 6.48. The van der Waals surface area contributed by atoms with Crippen LogP contribution in [0.1, 0.15) is 11.3 Å². The predicted octanol–water partition coefficient (Wildman–Crippen LogP) is 3.95. The molecule has 0 radical (unpaired) electrons. The first-order valence-corrected chi connectivity index (χ1v) is 7.23. The molecule has 1 N–H and O–H groups in total. The van der Waals surface area contributed by atoms with E-state index < -0.39 is 11.9 Å². The molecule has 0 fully saturated rings. The highest BCUT2D eigenvalue weighted by molar-refractivity contribution is 6.32. The van der Waals surface area contributed by atoms with Crippen molar-refractivity contribution in [2.24, 2.45) is 0 Å². The molecule has 0 bridgehead atoms. The van der Waals surface area contributed by atoms with Gasteiger partial charge in [0, 0.05) is 12.7 Å². The summed E-state index contributed by atoms with van der Waals surface area (Å²) >= 11 is 5.94. The SMILES string of the molecule is FC(F)(F)c1ccn(-c2ccc(CNc3ncncc3Cl)cc2)n1. The maximum Gasteiger partial charge on any atom is 0.435 e. The van der Waals surface area contributed by atoms with Crippen LogP contribution in [0.5, 0.6) is 0 Å². The number of hydrogen-bond acceptors (Lipinski definition) is 4. The molecule has 0 saturated carbocycles.